The molecule has 5 rings (SSSR count). The van der Waals surface area contributed by atoms with Crippen molar-refractivity contribution in [1.82, 2.24) is 19.9 Å². The number of hydrogen-bond acceptors (Lipinski definition) is 4. The van der Waals surface area contributed by atoms with E-state index in [-0.39, 0.29) is 30.2 Å². The number of fused-ring (bicyclic) bond motifs is 1. The molecule has 166 valence electrons. The summed E-state index contributed by atoms with van der Waals surface area (Å²) < 4.78 is 14.9. The van der Waals surface area contributed by atoms with E-state index in [1.165, 1.54) is 24.3 Å². The zero-order valence-corrected chi connectivity index (χ0v) is 17.8. The van der Waals surface area contributed by atoms with E-state index in [2.05, 4.69) is 15.6 Å². The molecule has 1 aliphatic rings. The summed E-state index contributed by atoms with van der Waals surface area (Å²) in [6, 6.07) is 21.4. The Labute approximate surface area is 189 Å². The molecule has 0 spiro atoms. The molecule has 1 aliphatic carbocycles. The van der Waals surface area contributed by atoms with Gasteiger partial charge in [0, 0.05) is 11.7 Å². The Bertz CT molecular complexity index is 1290. The van der Waals surface area contributed by atoms with Crippen LogP contribution in [0.1, 0.15) is 24.4 Å². The summed E-state index contributed by atoms with van der Waals surface area (Å²) in [5.41, 5.74) is 2.64. The van der Waals surface area contributed by atoms with Crippen LogP contribution in [0.25, 0.3) is 11.0 Å². The maximum atomic E-state index is 13.6. The van der Waals surface area contributed by atoms with Gasteiger partial charge in [-0.05, 0) is 54.8 Å². The molecule has 2 amide bonds. The van der Waals surface area contributed by atoms with E-state index < -0.39 is 6.04 Å². The van der Waals surface area contributed by atoms with Crippen molar-refractivity contribution >= 4 is 28.5 Å². The zero-order valence-electron chi connectivity index (χ0n) is 17.8. The summed E-state index contributed by atoms with van der Waals surface area (Å²) in [6.07, 6.45) is 1.66. The third kappa shape index (κ3) is 4.45. The molecule has 3 aromatic carbocycles. The third-order valence-corrected chi connectivity index (χ3v) is 5.69. The molecule has 1 N–H and O–H groups in total. The van der Waals surface area contributed by atoms with Crippen molar-refractivity contribution < 1.29 is 14.0 Å². The Kier molecular flexibility index (Phi) is 5.56. The van der Waals surface area contributed by atoms with Crippen molar-refractivity contribution in [2.24, 2.45) is 0 Å². The maximum Gasteiger partial charge on any atom is 0.251 e. The van der Waals surface area contributed by atoms with Gasteiger partial charge < -0.3 is 10.2 Å². The molecule has 33 heavy (non-hydrogen) atoms. The number of halogens is 1. The van der Waals surface area contributed by atoms with Gasteiger partial charge >= 0.3 is 0 Å². The largest absolute Gasteiger partial charge is 0.324 e. The number of carbonyl (C=O) groups excluding carboxylic acids is 2. The fourth-order valence-corrected chi connectivity index (χ4v) is 3.97. The van der Waals surface area contributed by atoms with Crippen molar-refractivity contribution in [1.29, 1.82) is 0 Å². The Morgan fingerprint density at radius 3 is 2.42 bits per heavy atom. The molecule has 1 heterocycles. The van der Waals surface area contributed by atoms with Gasteiger partial charge in [0.1, 0.15) is 23.9 Å². The number of aromatic nitrogens is 3. The minimum Gasteiger partial charge on any atom is -0.324 e. The van der Waals surface area contributed by atoms with E-state index in [0.29, 0.717) is 16.8 Å². The van der Waals surface area contributed by atoms with Crippen molar-refractivity contribution in [3.05, 3.63) is 90.2 Å². The standard InChI is InChI=1S/C25H22FN5O2/c26-18-10-12-19(13-11-18)27-25(33)24(17-6-2-1-3-7-17)31(20-14-15-20)23(32)16-30-22-9-5-4-8-21(22)28-29-30/h1-13,20,24H,14-16H2,(H,27,33). The highest BCUT2D eigenvalue weighted by Gasteiger charge is 2.41. The summed E-state index contributed by atoms with van der Waals surface area (Å²) in [4.78, 5) is 28.7. The van der Waals surface area contributed by atoms with Gasteiger partial charge in [-0.3, -0.25) is 9.59 Å². The first kappa shape index (κ1) is 20.8. The first-order valence-corrected chi connectivity index (χ1v) is 10.8. The van der Waals surface area contributed by atoms with Gasteiger partial charge in [-0.25, -0.2) is 9.07 Å². The third-order valence-electron chi connectivity index (χ3n) is 5.69. The van der Waals surface area contributed by atoms with E-state index in [0.717, 1.165) is 18.4 Å². The monoisotopic (exact) mass is 443 g/mol. The summed E-state index contributed by atoms with van der Waals surface area (Å²) in [5.74, 6) is -0.949. The number of rotatable bonds is 7. The molecule has 1 aromatic heterocycles. The van der Waals surface area contributed by atoms with Crippen LogP contribution < -0.4 is 5.32 Å². The van der Waals surface area contributed by atoms with Crippen LogP contribution in [0.2, 0.25) is 0 Å². The Morgan fingerprint density at radius 1 is 1.00 bits per heavy atom. The average molecular weight is 443 g/mol. The number of amides is 2. The van der Waals surface area contributed by atoms with Gasteiger partial charge in [-0.15, -0.1) is 5.10 Å². The van der Waals surface area contributed by atoms with Crippen LogP contribution in [0.15, 0.2) is 78.9 Å². The second-order valence-corrected chi connectivity index (χ2v) is 8.08. The quantitative estimate of drug-likeness (QED) is 0.469. The highest BCUT2D eigenvalue weighted by Crippen LogP contribution is 2.36. The first-order valence-electron chi connectivity index (χ1n) is 10.8. The molecule has 8 heteroatoms. The number of carbonyl (C=O) groups is 2. The molecule has 1 fully saturated rings. The molecule has 4 aromatic rings. The lowest BCUT2D eigenvalue weighted by atomic mass is 10.0. The predicted octanol–water partition coefficient (Wildman–Crippen LogP) is 3.94. The maximum absolute atomic E-state index is 13.6. The van der Waals surface area contributed by atoms with Crippen molar-refractivity contribution in [3.63, 3.8) is 0 Å². The predicted molar refractivity (Wildman–Crippen MR) is 122 cm³/mol. The molecule has 0 radical (unpaired) electrons. The molecule has 0 bridgehead atoms. The smallest absolute Gasteiger partial charge is 0.251 e. The van der Waals surface area contributed by atoms with Crippen LogP contribution in [-0.4, -0.2) is 37.7 Å². The summed E-state index contributed by atoms with van der Waals surface area (Å²) in [5, 5.41) is 11.1. The number of para-hydroxylation sites is 1. The molecule has 1 unspecified atom stereocenters. The number of nitrogens with one attached hydrogen (secondary N) is 1. The van der Waals surface area contributed by atoms with Gasteiger partial charge in [0.05, 0.1) is 5.52 Å². The molecular formula is C25H22FN5O2. The Balaban J connectivity index is 1.46. The van der Waals surface area contributed by atoms with Crippen LogP contribution in [0.4, 0.5) is 10.1 Å². The lowest BCUT2D eigenvalue weighted by Gasteiger charge is -2.31. The second-order valence-electron chi connectivity index (χ2n) is 8.08. The molecule has 7 nitrogen and oxygen atoms in total. The normalized spacial score (nSPS) is 14.1. The highest BCUT2D eigenvalue weighted by molar-refractivity contribution is 5.98. The van der Waals surface area contributed by atoms with Gasteiger partial charge in [0.15, 0.2) is 0 Å². The van der Waals surface area contributed by atoms with E-state index in [1.807, 2.05) is 54.6 Å². The van der Waals surface area contributed by atoms with Crippen LogP contribution in [0.3, 0.4) is 0 Å². The SMILES string of the molecule is O=C(Nc1ccc(F)cc1)C(c1ccccc1)N(C(=O)Cn1nnc2ccccc21)C1CC1. The van der Waals surface area contributed by atoms with Gasteiger partial charge in [-0.2, -0.15) is 0 Å². The fraction of sp³-hybridized carbons (Fsp3) is 0.200. The minimum atomic E-state index is -0.828. The van der Waals surface area contributed by atoms with Gasteiger partial charge in [0.2, 0.25) is 5.91 Å². The van der Waals surface area contributed by atoms with Crippen LogP contribution in [0.5, 0.6) is 0 Å². The molecule has 1 saturated carbocycles. The Hall–Kier alpha value is -4.07. The van der Waals surface area contributed by atoms with E-state index in [1.54, 1.807) is 9.58 Å². The average Bonchev–Trinajstić information content (AvgIpc) is 3.59. The molecule has 0 saturated heterocycles. The minimum absolute atomic E-state index is 0.0236. The highest BCUT2D eigenvalue weighted by atomic mass is 19.1. The second kappa shape index (κ2) is 8.82. The topological polar surface area (TPSA) is 80.1 Å². The molecular weight excluding hydrogens is 421 g/mol. The number of benzene rings is 3. The molecule has 1 atom stereocenters. The van der Waals surface area contributed by atoms with Crippen LogP contribution in [-0.2, 0) is 16.1 Å². The summed E-state index contributed by atoms with van der Waals surface area (Å²) in [6.45, 7) is -0.0236. The zero-order chi connectivity index (χ0) is 22.8. The first-order chi connectivity index (χ1) is 16.1. The number of anilines is 1. The van der Waals surface area contributed by atoms with Gasteiger partial charge in [0.25, 0.3) is 5.91 Å². The van der Waals surface area contributed by atoms with Gasteiger partial charge in [-0.1, -0.05) is 47.7 Å². The summed E-state index contributed by atoms with van der Waals surface area (Å²) >= 11 is 0. The van der Waals surface area contributed by atoms with Crippen LogP contribution in [0, 0.1) is 5.82 Å². The molecule has 0 aliphatic heterocycles. The Morgan fingerprint density at radius 2 is 1.70 bits per heavy atom. The van der Waals surface area contributed by atoms with E-state index >= 15 is 0 Å². The van der Waals surface area contributed by atoms with E-state index in [9.17, 15) is 14.0 Å². The number of nitrogens with zero attached hydrogens (tertiary/aromatic N) is 4. The lowest BCUT2D eigenvalue weighted by Crippen LogP contribution is -2.44. The van der Waals surface area contributed by atoms with Crippen LogP contribution >= 0.6 is 0 Å². The fourth-order valence-electron chi connectivity index (χ4n) is 3.97. The summed E-state index contributed by atoms with van der Waals surface area (Å²) in [7, 11) is 0. The van der Waals surface area contributed by atoms with E-state index in [4.69, 9.17) is 0 Å². The number of hydrogen-bond donors (Lipinski definition) is 1. The van der Waals surface area contributed by atoms with Crippen molar-refractivity contribution in [2.45, 2.75) is 31.5 Å². The van der Waals surface area contributed by atoms with Crippen molar-refractivity contribution in [2.75, 3.05) is 5.32 Å². The lowest BCUT2D eigenvalue weighted by molar-refractivity contribution is -0.140. The van der Waals surface area contributed by atoms with Crippen molar-refractivity contribution in [3.8, 4) is 0 Å².